The Morgan fingerprint density at radius 3 is 2.71 bits per heavy atom. The first-order chi connectivity index (χ1) is 10.2. The van der Waals surface area contributed by atoms with Crippen LogP contribution in [0.2, 0.25) is 5.02 Å². The fourth-order valence-electron chi connectivity index (χ4n) is 2.81. The first-order valence-electron chi connectivity index (χ1n) is 7.10. The Bertz CT molecular complexity index is 558. The smallest absolute Gasteiger partial charge is 0.239 e. The number of benzene rings is 1. The Hall–Kier alpha value is -1.59. The van der Waals surface area contributed by atoms with Gasteiger partial charge in [-0.2, -0.15) is 0 Å². The van der Waals surface area contributed by atoms with Gasteiger partial charge in [0.25, 0.3) is 0 Å². The summed E-state index contributed by atoms with van der Waals surface area (Å²) in [5.41, 5.74) is 0.754. The lowest BCUT2D eigenvalue weighted by Crippen LogP contribution is -2.45. The molecule has 2 aliphatic rings. The quantitative estimate of drug-likeness (QED) is 0.779. The minimum atomic E-state index is -0.568. The van der Waals surface area contributed by atoms with Crippen molar-refractivity contribution >= 4 is 29.1 Å². The lowest BCUT2D eigenvalue weighted by atomic mass is 10.1. The Balaban J connectivity index is 1.72. The van der Waals surface area contributed by atoms with E-state index in [1.807, 2.05) is 12.1 Å². The van der Waals surface area contributed by atoms with Crippen molar-refractivity contribution in [2.75, 3.05) is 37.7 Å². The van der Waals surface area contributed by atoms with Gasteiger partial charge in [0.2, 0.25) is 11.8 Å². The van der Waals surface area contributed by atoms with Crippen molar-refractivity contribution in [3.05, 3.63) is 29.3 Å². The number of ether oxygens (including phenoxy) is 1. The zero-order valence-electron chi connectivity index (χ0n) is 11.6. The summed E-state index contributed by atoms with van der Waals surface area (Å²) in [4.78, 5) is 28.3. The maximum atomic E-state index is 12.5. The van der Waals surface area contributed by atoms with Gasteiger partial charge in [0.15, 0.2) is 0 Å². The Labute approximate surface area is 128 Å². The third-order valence-electron chi connectivity index (χ3n) is 3.95. The van der Waals surface area contributed by atoms with Gasteiger partial charge in [-0.3, -0.25) is 9.59 Å². The van der Waals surface area contributed by atoms with Crippen molar-refractivity contribution in [1.82, 2.24) is 4.90 Å². The average Bonchev–Trinajstić information content (AvgIpc) is 2.89. The van der Waals surface area contributed by atoms with Gasteiger partial charge in [-0.15, -0.1) is 0 Å². The number of nitrogens with zero attached hydrogens (tertiary/aromatic N) is 2. The molecule has 2 aliphatic heterocycles. The highest BCUT2D eigenvalue weighted by Gasteiger charge is 2.39. The molecule has 0 N–H and O–H groups in total. The van der Waals surface area contributed by atoms with Crippen molar-refractivity contribution in [1.29, 1.82) is 0 Å². The maximum absolute atomic E-state index is 12.5. The largest absolute Gasteiger partial charge is 0.378 e. The Morgan fingerprint density at radius 2 is 2.00 bits per heavy atom. The van der Waals surface area contributed by atoms with Gasteiger partial charge in [-0.1, -0.05) is 17.7 Å². The van der Waals surface area contributed by atoms with Crippen LogP contribution in [0.25, 0.3) is 0 Å². The minimum Gasteiger partial charge on any atom is -0.378 e. The molecule has 2 saturated heterocycles. The van der Waals surface area contributed by atoms with E-state index < -0.39 is 5.92 Å². The summed E-state index contributed by atoms with van der Waals surface area (Å²) in [7, 11) is 0. The van der Waals surface area contributed by atoms with Crippen LogP contribution in [-0.4, -0.2) is 49.6 Å². The SMILES string of the molecule is O=C(C1CCN(c2cccc(Cl)c2)C1=O)N1CCOCC1. The predicted molar refractivity (Wildman–Crippen MR) is 79.3 cm³/mol. The summed E-state index contributed by atoms with van der Waals surface area (Å²) in [5.74, 6) is -0.774. The molecule has 0 aliphatic carbocycles. The van der Waals surface area contributed by atoms with E-state index in [2.05, 4.69) is 0 Å². The summed E-state index contributed by atoms with van der Waals surface area (Å²) in [6, 6.07) is 7.16. The van der Waals surface area contributed by atoms with Crippen LogP contribution in [0.3, 0.4) is 0 Å². The number of hydrogen-bond donors (Lipinski definition) is 0. The molecule has 6 heteroatoms. The molecule has 1 aromatic rings. The standard InChI is InChI=1S/C15H17ClN2O3/c16-11-2-1-3-12(10-11)18-5-4-13(15(18)20)14(19)17-6-8-21-9-7-17/h1-3,10,13H,4-9H2. The second-order valence-corrected chi connectivity index (χ2v) is 5.69. The van der Waals surface area contributed by atoms with E-state index >= 15 is 0 Å². The van der Waals surface area contributed by atoms with Crippen molar-refractivity contribution in [3.8, 4) is 0 Å². The van der Waals surface area contributed by atoms with Gasteiger partial charge in [0, 0.05) is 30.3 Å². The summed E-state index contributed by atoms with van der Waals surface area (Å²) < 4.78 is 5.24. The molecule has 1 aromatic carbocycles. The summed E-state index contributed by atoms with van der Waals surface area (Å²) in [5, 5.41) is 0.586. The highest BCUT2D eigenvalue weighted by atomic mass is 35.5. The lowest BCUT2D eigenvalue weighted by molar-refractivity contribution is -0.143. The van der Waals surface area contributed by atoms with Crippen LogP contribution in [0.5, 0.6) is 0 Å². The van der Waals surface area contributed by atoms with Crippen LogP contribution in [0.4, 0.5) is 5.69 Å². The molecular weight excluding hydrogens is 292 g/mol. The van der Waals surface area contributed by atoms with Gasteiger partial charge in [0.05, 0.1) is 13.2 Å². The molecule has 2 fully saturated rings. The summed E-state index contributed by atoms with van der Waals surface area (Å²) in [6.07, 6.45) is 0.557. The van der Waals surface area contributed by atoms with Gasteiger partial charge in [-0.25, -0.2) is 0 Å². The van der Waals surface area contributed by atoms with Gasteiger partial charge < -0.3 is 14.5 Å². The van der Waals surface area contributed by atoms with Gasteiger partial charge >= 0.3 is 0 Å². The number of morpholine rings is 1. The van der Waals surface area contributed by atoms with Crippen LogP contribution in [-0.2, 0) is 14.3 Å². The molecule has 0 saturated carbocycles. The van der Waals surface area contributed by atoms with Crippen LogP contribution in [0.15, 0.2) is 24.3 Å². The van der Waals surface area contributed by atoms with E-state index in [4.69, 9.17) is 16.3 Å². The fraction of sp³-hybridized carbons (Fsp3) is 0.467. The second kappa shape index (κ2) is 6.03. The zero-order chi connectivity index (χ0) is 14.8. The number of anilines is 1. The molecule has 2 amide bonds. The number of amides is 2. The first-order valence-corrected chi connectivity index (χ1v) is 7.48. The van der Waals surface area contributed by atoms with E-state index in [0.717, 1.165) is 5.69 Å². The van der Waals surface area contributed by atoms with E-state index in [1.165, 1.54) is 0 Å². The number of halogens is 1. The third kappa shape index (κ3) is 2.89. The monoisotopic (exact) mass is 308 g/mol. The molecule has 1 atom stereocenters. The molecule has 21 heavy (non-hydrogen) atoms. The molecule has 5 nitrogen and oxygen atoms in total. The highest BCUT2D eigenvalue weighted by molar-refractivity contribution is 6.31. The van der Waals surface area contributed by atoms with E-state index in [-0.39, 0.29) is 11.8 Å². The third-order valence-corrected chi connectivity index (χ3v) is 4.18. The van der Waals surface area contributed by atoms with Crippen LogP contribution >= 0.6 is 11.6 Å². The van der Waals surface area contributed by atoms with E-state index in [0.29, 0.717) is 44.3 Å². The van der Waals surface area contributed by atoms with Crippen molar-refractivity contribution < 1.29 is 14.3 Å². The molecule has 0 aromatic heterocycles. The topological polar surface area (TPSA) is 49.9 Å². The highest BCUT2D eigenvalue weighted by Crippen LogP contribution is 2.28. The molecule has 0 bridgehead atoms. The Morgan fingerprint density at radius 1 is 1.24 bits per heavy atom. The first kappa shape index (κ1) is 14.4. The molecular formula is C15H17ClN2O3. The van der Waals surface area contributed by atoms with Crippen LogP contribution in [0.1, 0.15) is 6.42 Å². The number of rotatable bonds is 2. The minimum absolute atomic E-state index is 0.0761. The van der Waals surface area contributed by atoms with E-state index in [1.54, 1.807) is 21.9 Å². The molecule has 2 heterocycles. The van der Waals surface area contributed by atoms with Crippen molar-refractivity contribution in [2.45, 2.75) is 6.42 Å². The average molecular weight is 309 g/mol. The Kier molecular flexibility index (Phi) is 4.12. The van der Waals surface area contributed by atoms with Crippen molar-refractivity contribution in [3.63, 3.8) is 0 Å². The van der Waals surface area contributed by atoms with Gasteiger partial charge in [-0.05, 0) is 24.6 Å². The lowest BCUT2D eigenvalue weighted by Gasteiger charge is -2.28. The zero-order valence-corrected chi connectivity index (χ0v) is 12.4. The fourth-order valence-corrected chi connectivity index (χ4v) is 3.00. The second-order valence-electron chi connectivity index (χ2n) is 5.25. The molecule has 3 rings (SSSR count). The predicted octanol–water partition coefficient (Wildman–Crippen LogP) is 1.55. The molecule has 0 spiro atoms. The number of carbonyl (C=O) groups is 2. The van der Waals surface area contributed by atoms with Gasteiger partial charge in [0.1, 0.15) is 5.92 Å². The normalized spacial score (nSPS) is 22.7. The number of carbonyl (C=O) groups excluding carboxylic acids is 2. The van der Waals surface area contributed by atoms with E-state index in [9.17, 15) is 9.59 Å². The summed E-state index contributed by atoms with van der Waals surface area (Å²) >= 11 is 5.96. The summed E-state index contributed by atoms with van der Waals surface area (Å²) in [6.45, 7) is 2.79. The van der Waals surface area contributed by atoms with Crippen LogP contribution in [0, 0.1) is 5.92 Å². The molecule has 0 radical (unpaired) electrons. The molecule has 1 unspecified atom stereocenters. The number of hydrogen-bond acceptors (Lipinski definition) is 3. The maximum Gasteiger partial charge on any atom is 0.239 e. The van der Waals surface area contributed by atoms with Crippen molar-refractivity contribution in [2.24, 2.45) is 5.92 Å². The molecule has 112 valence electrons. The van der Waals surface area contributed by atoms with Crippen LogP contribution < -0.4 is 4.90 Å².